The van der Waals surface area contributed by atoms with Gasteiger partial charge >= 0.3 is 6.09 Å². The molecule has 0 spiro atoms. The summed E-state index contributed by atoms with van der Waals surface area (Å²) in [6, 6.07) is 13.1. The first-order valence-electron chi connectivity index (χ1n) is 10.8. The molecule has 2 saturated heterocycles. The number of benzene rings is 1. The molecule has 2 fully saturated rings. The lowest BCUT2D eigenvalue weighted by atomic mass is 9.99. The van der Waals surface area contributed by atoms with E-state index in [2.05, 4.69) is 10.3 Å². The van der Waals surface area contributed by atoms with Gasteiger partial charge in [0.2, 0.25) is 11.8 Å². The second kappa shape index (κ2) is 10.9. The number of nitrogens with one attached hydrogen (secondary N) is 1. The number of ether oxygens (including phenoxy) is 1. The average molecular weight is 489 g/mol. The minimum absolute atomic E-state index is 0.000485. The second-order valence-corrected chi connectivity index (χ2v) is 9.35. The number of anilines is 1. The van der Waals surface area contributed by atoms with Crippen molar-refractivity contribution in [1.82, 2.24) is 14.8 Å². The highest BCUT2D eigenvalue weighted by molar-refractivity contribution is 8.00. The van der Waals surface area contributed by atoms with Crippen LogP contribution in [0.4, 0.5) is 10.6 Å². The molecular weight excluding hydrogens is 464 g/mol. The Morgan fingerprint density at radius 1 is 1.12 bits per heavy atom. The molecule has 3 heterocycles. The number of hydrogen-bond acceptors (Lipinski definition) is 6. The Labute approximate surface area is 201 Å². The molecule has 2 aromatic rings. The second-order valence-electron chi connectivity index (χ2n) is 7.93. The van der Waals surface area contributed by atoms with E-state index in [0.29, 0.717) is 43.4 Å². The summed E-state index contributed by atoms with van der Waals surface area (Å²) in [5, 5.41) is 3.17. The summed E-state index contributed by atoms with van der Waals surface area (Å²) in [6.07, 6.45) is 2.58. The third kappa shape index (κ3) is 5.97. The van der Waals surface area contributed by atoms with Gasteiger partial charge in [0.05, 0.1) is 22.6 Å². The van der Waals surface area contributed by atoms with Gasteiger partial charge in [-0.1, -0.05) is 41.9 Å². The summed E-state index contributed by atoms with van der Waals surface area (Å²) in [4.78, 5) is 44.7. The predicted octanol–water partition coefficient (Wildman–Crippen LogP) is 3.59. The Kier molecular flexibility index (Phi) is 7.72. The van der Waals surface area contributed by atoms with Crippen molar-refractivity contribution in [3.05, 3.63) is 59.2 Å². The fraction of sp³-hybridized carbons (Fsp3) is 0.391. The van der Waals surface area contributed by atoms with E-state index < -0.39 is 0 Å². The van der Waals surface area contributed by atoms with Gasteiger partial charge < -0.3 is 15.0 Å². The number of aromatic nitrogens is 1. The molecule has 174 valence electrons. The normalized spacial score (nSPS) is 18.8. The molecule has 0 aliphatic carbocycles. The lowest BCUT2D eigenvalue weighted by Crippen LogP contribution is -2.48. The zero-order chi connectivity index (χ0) is 23.2. The van der Waals surface area contributed by atoms with Gasteiger partial charge in [-0.2, -0.15) is 0 Å². The fourth-order valence-electron chi connectivity index (χ4n) is 4.11. The van der Waals surface area contributed by atoms with Crippen LogP contribution in [-0.2, 0) is 14.3 Å². The topological polar surface area (TPSA) is 91.8 Å². The van der Waals surface area contributed by atoms with E-state index in [1.54, 1.807) is 17.0 Å². The number of halogens is 1. The van der Waals surface area contributed by atoms with Crippen molar-refractivity contribution in [1.29, 1.82) is 0 Å². The first-order valence-corrected chi connectivity index (χ1v) is 12.3. The van der Waals surface area contributed by atoms with Gasteiger partial charge in [-0.15, -0.1) is 11.8 Å². The van der Waals surface area contributed by atoms with E-state index in [1.807, 2.05) is 35.2 Å². The van der Waals surface area contributed by atoms with E-state index in [1.165, 1.54) is 18.0 Å². The van der Waals surface area contributed by atoms with Crippen molar-refractivity contribution in [3.8, 4) is 0 Å². The fourth-order valence-corrected chi connectivity index (χ4v) is 4.94. The molecule has 0 bridgehead atoms. The van der Waals surface area contributed by atoms with Gasteiger partial charge in [-0.25, -0.2) is 9.78 Å². The van der Waals surface area contributed by atoms with Crippen LogP contribution >= 0.6 is 23.4 Å². The quantitative estimate of drug-likeness (QED) is 0.640. The Bertz CT molecular complexity index is 984. The maximum Gasteiger partial charge on any atom is 0.410 e. The van der Waals surface area contributed by atoms with Crippen molar-refractivity contribution >= 4 is 47.1 Å². The lowest BCUT2D eigenvalue weighted by Gasteiger charge is -2.38. The largest absolute Gasteiger partial charge is 0.447 e. The number of nitrogens with zero attached hydrogens (tertiary/aromatic N) is 3. The smallest absolute Gasteiger partial charge is 0.410 e. The van der Waals surface area contributed by atoms with Crippen LogP contribution in [0.5, 0.6) is 0 Å². The van der Waals surface area contributed by atoms with Crippen LogP contribution in [0, 0.1) is 0 Å². The molecule has 8 nitrogen and oxygen atoms in total. The summed E-state index contributed by atoms with van der Waals surface area (Å²) in [6.45, 7) is 1.51. The molecule has 3 amide bonds. The molecule has 4 rings (SSSR count). The van der Waals surface area contributed by atoms with Crippen molar-refractivity contribution in [3.63, 3.8) is 0 Å². The van der Waals surface area contributed by atoms with Crippen LogP contribution in [-0.4, -0.2) is 69.9 Å². The van der Waals surface area contributed by atoms with E-state index in [-0.39, 0.29) is 41.5 Å². The molecule has 1 aromatic carbocycles. The van der Waals surface area contributed by atoms with E-state index >= 15 is 0 Å². The maximum absolute atomic E-state index is 12.6. The number of cyclic esters (lactones) is 1. The Morgan fingerprint density at radius 3 is 2.58 bits per heavy atom. The maximum atomic E-state index is 12.6. The van der Waals surface area contributed by atoms with Gasteiger partial charge in [0.1, 0.15) is 12.4 Å². The first kappa shape index (κ1) is 23.4. The number of thioether (sulfide) groups is 1. The van der Waals surface area contributed by atoms with Gasteiger partial charge in [0.25, 0.3) is 0 Å². The van der Waals surface area contributed by atoms with Gasteiger partial charge in [-0.3, -0.25) is 14.5 Å². The molecular formula is C23H25ClN4O4S. The summed E-state index contributed by atoms with van der Waals surface area (Å²) < 4.78 is 5.34. The summed E-state index contributed by atoms with van der Waals surface area (Å²) in [5.41, 5.74) is 1.06. The third-order valence-electron chi connectivity index (χ3n) is 5.76. The monoisotopic (exact) mass is 488 g/mol. The number of likely N-dealkylation sites (tertiary alicyclic amines) is 1. The first-order chi connectivity index (χ1) is 16.0. The van der Waals surface area contributed by atoms with E-state index in [4.69, 9.17) is 16.3 Å². The molecule has 2 aliphatic heterocycles. The van der Waals surface area contributed by atoms with Crippen LogP contribution in [0.15, 0.2) is 48.7 Å². The zero-order valence-corrected chi connectivity index (χ0v) is 19.6. The van der Waals surface area contributed by atoms with Crippen molar-refractivity contribution in [2.24, 2.45) is 0 Å². The number of carbonyl (C=O) groups excluding carboxylic acids is 3. The standard InChI is InChI=1S/C23H25ClN4O4S/c24-17-6-7-20(25-12-17)26-21(29)14-33-15-22(30)27-10-8-18(9-11-27)28-19(13-32-23(28)31)16-4-2-1-3-5-16/h1-7,12,18-19H,8-11,13-15H2,(H,25,26,29)/t19-/m0/s1. The number of piperidine rings is 1. The average Bonchev–Trinajstić information content (AvgIpc) is 3.22. The van der Waals surface area contributed by atoms with Gasteiger partial charge in [0.15, 0.2) is 0 Å². The molecule has 0 radical (unpaired) electrons. The predicted molar refractivity (Wildman–Crippen MR) is 127 cm³/mol. The van der Waals surface area contributed by atoms with Crippen LogP contribution in [0.3, 0.4) is 0 Å². The lowest BCUT2D eigenvalue weighted by molar-refractivity contribution is -0.129. The molecule has 2 aliphatic rings. The molecule has 0 unspecified atom stereocenters. The summed E-state index contributed by atoms with van der Waals surface area (Å²) >= 11 is 7.05. The number of hydrogen-bond donors (Lipinski definition) is 1. The number of pyridine rings is 1. The Morgan fingerprint density at radius 2 is 1.88 bits per heavy atom. The van der Waals surface area contributed by atoms with Gasteiger partial charge in [-0.05, 0) is 30.5 Å². The van der Waals surface area contributed by atoms with Crippen LogP contribution in [0.2, 0.25) is 5.02 Å². The molecule has 0 saturated carbocycles. The Balaban J connectivity index is 1.21. The molecule has 33 heavy (non-hydrogen) atoms. The number of rotatable bonds is 7. The van der Waals surface area contributed by atoms with Crippen molar-refractivity contribution in [2.75, 3.05) is 36.5 Å². The molecule has 1 aromatic heterocycles. The zero-order valence-electron chi connectivity index (χ0n) is 18.0. The van der Waals surface area contributed by atoms with Crippen LogP contribution < -0.4 is 5.32 Å². The van der Waals surface area contributed by atoms with E-state index in [0.717, 1.165) is 5.56 Å². The van der Waals surface area contributed by atoms with Crippen LogP contribution in [0.25, 0.3) is 0 Å². The van der Waals surface area contributed by atoms with E-state index in [9.17, 15) is 14.4 Å². The summed E-state index contributed by atoms with van der Waals surface area (Å²) in [7, 11) is 0. The number of amides is 3. The Hall–Kier alpha value is -2.78. The SMILES string of the molecule is O=C(CSCC(=O)N1CCC(N2C(=O)OC[C@H]2c2ccccc2)CC1)Nc1ccc(Cl)cn1. The van der Waals surface area contributed by atoms with Crippen molar-refractivity contribution in [2.45, 2.75) is 24.9 Å². The molecule has 10 heteroatoms. The van der Waals surface area contributed by atoms with Gasteiger partial charge in [0, 0.05) is 25.3 Å². The highest BCUT2D eigenvalue weighted by Gasteiger charge is 2.40. The third-order valence-corrected chi connectivity index (χ3v) is 6.90. The number of carbonyl (C=O) groups is 3. The molecule has 1 atom stereocenters. The minimum atomic E-state index is -0.287. The minimum Gasteiger partial charge on any atom is -0.447 e. The molecule has 1 N–H and O–H groups in total. The van der Waals surface area contributed by atoms with Crippen LogP contribution in [0.1, 0.15) is 24.4 Å². The summed E-state index contributed by atoms with van der Waals surface area (Å²) in [5.74, 6) is 0.586. The van der Waals surface area contributed by atoms with Crippen molar-refractivity contribution < 1.29 is 19.1 Å². The highest BCUT2D eigenvalue weighted by Crippen LogP contribution is 2.33. The highest BCUT2D eigenvalue weighted by atomic mass is 35.5.